The van der Waals surface area contributed by atoms with Gasteiger partial charge >= 0.3 is 5.97 Å². The minimum Gasteiger partial charge on any atom is -0.465 e. The SMILES string of the molecule is COC(=O)C1=C([N+](=O)[O-])C=C(C#N)CC1. The van der Waals surface area contributed by atoms with E-state index in [2.05, 4.69) is 4.74 Å². The Kier molecular flexibility index (Phi) is 3.18. The zero-order chi connectivity index (χ0) is 11.4. The minimum absolute atomic E-state index is 0.0153. The first kappa shape index (κ1) is 10.9. The van der Waals surface area contributed by atoms with Gasteiger partial charge in [0.05, 0.1) is 18.1 Å². The summed E-state index contributed by atoms with van der Waals surface area (Å²) < 4.78 is 4.43. The Hall–Kier alpha value is -2.16. The van der Waals surface area contributed by atoms with Crippen LogP contribution in [0.25, 0.3) is 0 Å². The summed E-state index contributed by atoms with van der Waals surface area (Å²) in [4.78, 5) is 21.1. The van der Waals surface area contributed by atoms with Crippen LogP contribution >= 0.6 is 0 Å². The van der Waals surface area contributed by atoms with E-state index in [1.807, 2.05) is 6.07 Å². The number of allylic oxidation sites excluding steroid dienone is 2. The van der Waals surface area contributed by atoms with Gasteiger partial charge in [-0.25, -0.2) is 4.79 Å². The van der Waals surface area contributed by atoms with Crippen molar-refractivity contribution in [2.24, 2.45) is 0 Å². The molecule has 6 heteroatoms. The zero-order valence-electron chi connectivity index (χ0n) is 8.02. The number of methoxy groups -OCH3 is 1. The largest absolute Gasteiger partial charge is 0.465 e. The Morgan fingerprint density at radius 1 is 1.67 bits per heavy atom. The van der Waals surface area contributed by atoms with E-state index in [0.717, 1.165) is 13.2 Å². The smallest absolute Gasteiger partial charge is 0.340 e. The maximum absolute atomic E-state index is 11.2. The average molecular weight is 208 g/mol. The van der Waals surface area contributed by atoms with Crippen molar-refractivity contribution in [1.82, 2.24) is 0 Å². The molecule has 0 aromatic heterocycles. The molecule has 78 valence electrons. The third kappa shape index (κ3) is 2.20. The maximum Gasteiger partial charge on any atom is 0.340 e. The Bertz CT molecular complexity index is 414. The Labute approximate surface area is 85.6 Å². The molecule has 0 spiro atoms. The van der Waals surface area contributed by atoms with Crippen LogP contribution in [0.4, 0.5) is 0 Å². The lowest BCUT2D eigenvalue weighted by molar-refractivity contribution is -0.420. The van der Waals surface area contributed by atoms with Gasteiger partial charge in [0.15, 0.2) is 0 Å². The minimum atomic E-state index is -0.713. The number of ether oxygens (including phenoxy) is 1. The standard InChI is InChI=1S/C9H8N2O4/c1-15-9(12)7-3-2-6(5-10)4-8(7)11(13)14/h4H,2-3H2,1H3. The number of nitro groups is 1. The molecule has 0 amide bonds. The fourth-order valence-corrected chi connectivity index (χ4v) is 1.29. The van der Waals surface area contributed by atoms with Crippen LogP contribution in [0.5, 0.6) is 0 Å². The van der Waals surface area contributed by atoms with Gasteiger partial charge in [-0.05, 0) is 12.8 Å². The highest BCUT2D eigenvalue weighted by Crippen LogP contribution is 2.24. The molecule has 0 aromatic rings. The lowest BCUT2D eigenvalue weighted by atomic mass is 9.97. The van der Waals surface area contributed by atoms with Gasteiger partial charge in [0, 0.05) is 11.6 Å². The number of nitrogens with zero attached hydrogens (tertiary/aromatic N) is 2. The number of carbonyl (C=O) groups is 1. The van der Waals surface area contributed by atoms with E-state index in [9.17, 15) is 14.9 Å². The van der Waals surface area contributed by atoms with Gasteiger partial charge in [0.2, 0.25) is 0 Å². The summed E-state index contributed by atoms with van der Waals surface area (Å²) in [5.74, 6) is -0.713. The Morgan fingerprint density at radius 3 is 2.80 bits per heavy atom. The predicted octanol–water partition coefficient (Wildman–Crippen LogP) is 0.934. The first-order chi connectivity index (χ1) is 7.10. The fourth-order valence-electron chi connectivity index (χ4n) is 1.29. The first-order valence-corrected chi connectivity index (χ1v) is 4.16. The molecule has 0 aromatic carbocycles. The quantitative estimate of drug-likeness (QED) is 0.382. The lowest BCUT2D eigenvalue weighted by Gasteiger charge is -2.09. The highest BCUT2D eigenvalue weighted by atomic mass is 16.6. The maximum atomic E-state index is 11.2. The van der Waals surface area contributed by atoms with E-state index in [1.54, 1.807) is 0 Å². The molecule has 6 nitrogen and oxygen atoms in total. The van der Waals surface area contributed by atoms with Crippen molar-refractivity contribution in [3.8, 4) is 6.07 Å². The van der Waals surface area contributed by atoms with Gasteiger partial charge in [-0.2, -0.15) is 5.26 Å². The highest BCUT2D eigenvalue weighted by Gasteiger charge is 2.27. The molecule has 1 aliphatic rings. The predicted molar refractivity (Wildman–Crippen MR) is 49.0 cm³/mol. The Morgan fingerprint density at radius 2 is 2.33 bits per heavy atom. The molecular weight excluding hydrogens is 200 g/mol. The van der Waals surface area contributed by atoms with Crippen molar-refractivity contribution in [2.75, 3.05) is 7.11 Å². The molecule has 0 atom stereocenters. The van der Waals surface area contributed by atoms with Crippen LogP contribution in [0.1, 0.15) is 12.8 Å². The van der Waals surface area contributed by atoms with E-state index in [0.29, 0.717) is 12.0 Å². The van der Waals surface area contributed by atoms with E-state index < -0.39 is 10.9 Å². The highest BCUT2D eigenvalue weighted by molar-refractivity contribution is 5.89. The summed E-state index contributed by atoms with van der Waals surface area (Å²) >= 11 is 0. The molecular formula is C9H8N2O4. The third-order valence-corrected chi connectivity index (χ3v) is 2.04. The second-order valence-electron chi connectivity index (χ2n) is 2.89. The first-order valence-electron chi connectivity index (χ1n) is 4.16. The van der Waals surface area contributed by atoms with Gasteiger partial charge in [0.25, 0.3) is 5.70 Å². The van der Waals surface area contributed by atoms with Gasteiger partial charge in [0.1, 0.15) is 5.57 Å². The summed E-state index contributed by atoms with van der Waals surface area (Å²) in [6, 6.07) is 1.84. The summed E-state index contributed by atoms with van der Waals surface area (Å²) in [6.45, 7) is 0. The normalized spacial score (nSPS) is 15.3. The lowest BCUT2D eigenvalue weighted by Crippen LogP contribution is -2.14. The molecule has 0 bridgehead atoms. The number of nitriles is 1. The van der Waals surface area contributed by atoms with Crippen LogP contribution in [0.3, 0.4) is 0 Å². The van der Waals surface area contributed by atoms with Gasteiger partial charge in [-0.3, -0.25) is 10.1 Å². The van der Waals surface area contributed by atoms with Crippen molar-refractivity contribution >= 4 is 5.97 Å². The van der Waals surface area contributed by atoms with E-state index in [-0.39, 0.29) is 17.7 Å². The van der Waals surface area contributed by atoms with Crippen molar-refractivity contribution in [1.29, 1.82) is 5.26 Å². The van der Waals surface area contributed by atoms with Crippen LogP contribution < -0.4 is 0 Å². The topological polar surface area (TPSA) is 93.2 Å². The molecule has 0 N–H and O–H groups in total. The second kappa shape index (κ2) is 4.37. The fraction of sp³-hybridized carbons (Fsp3) is 0.333. The molecule has 1 aliphatic carbocycles. The monoisotopic (exact) mass is 208 g/mol. The van der Waals surface area contributed by atoms with Crippen LogP contribution in [-0.4, -0.2) is 18.0 Å². The van der Waals surface area contributed by atoms with Gasteiger partial charge in [-0.15, -0.1) is 0 Å². The van der Waals surface area contributed by atoms with Crippen LogP contribution in [0.2, 0.25) is 0 Å². The third-order valence-electron chi connectivity index (χ3n) is 2.04. The molecule has 1 rings (SSSR count). The van der Waals surface area contributed by atoms with E-state index >= 15 is 0 Å². The number of esters is 1. The average Bonchev–Trinajstić information content (AvgIpc) is 2.27. The summed E-state index contributed by atoms with van der Waals surface area (Å²) in [5.41, 5.74) is -0.0273. The van der Waals surface area contributed by atoms with Crippen LogP contribution in [0.15, 0.2) is 22.9 Å². The summed E-state index contributed by atoms with van der Waals surface area (Å²) in [7, 11) is 1.16. The van der Waals surface area contributed by atoms with Crippen molar-refractivity contribution in [3.05, 3.63) is 33.0 Å². The van der Waals surface area contributed by atoms with Crippen LogP contribution in [-0.2, 0) is 9.53 Å². The molecule has 15 heavy (non-hydrogen) atoms. The number of carbonyl (C=O) groups excluding carboxylic acids is 1. The van der Waals surface area contributed by atoms with Gasteiger partial charge < -0.3 is 4.74 Å². The summed E-state index contributed by atoms with van der Waals surface area (Å²) in [5, 5.41) is 19.2. The molecule has 0 aliphatic heterocycles. The molecule has 0 saturated heterocycles. The number of hydrogen-bond acceptors (Lipinski definition) is 5. The number of rotatable bonds is 2. The van der Waals surface area contributed by atoms with Crippen molar-refractivity contribution < 1.29 is 14.5 Å². The molecule has 0 unspecified atom stereocenters. The molecule has 0 fully saturated rings. The van der Waals surface area contributed by atoms with Crippen LogP contribution in [0, 0.1) is 21.4 Å². The zero-order valence-corrected chi connectivity index (χ0v) is 8.02. The van der Waals surface area contributed by atoms with Crippen molar-refractivity contribution in [2.45, 2.75) is 12.8 Å². The summed E-state index contributed by atoms with van der Waals surface area (Å²) in [6.07, 6.45) is 1.62. The number of hydrogen-bond donors (Lipinski definition) is 0. The second-order valence-corrected chi connectivity index (χ2v) is 2.89. The van der Waals surface area contributed by atoms with Gasteiger partial charge in [-0.1, -0.05) is 0 Å². The van der Waals surface area contributed by atoms with E-state index in [1.165, 1.54) is 0 Å². The Balaban J connectivity index is 3.19. The van der Waals surface area contributed by atoms with Crippen molar-refractivity contribution in [3.63, 3.8) is 0 Å². The molecule has 0 heterocycles. The molecule has 0 saturated carbocycles. The van der Waals surface area contributed by atoms with E-state index in [4.69, 9.17) is 5.26 Å². The molecule has 0 radical (unpaired) electrons.